The molecule has 0 aliphatic carbocycles. The average molecular weight is 234 g/mol. The molecule has 1 heterocycles. The van der Waals surface area contributed by atoms with Crippen molar-refractivity contribution in [1.29, 1.82) is 0 Å². The molecule has 0 unspecified atom stereocenters. The third kappa shape index (κ3) is 4.04. The number of hydrogen-bond donors (Lipinski definition) is 0. The van der Waals surface area contributed by atoms with Crippen molar-refractivity contribution >= 4 is 0 Å². The van der Waals surface area contributed by atoms with Gasteiger partial charge in [0.15, 0.2) is 6.61 Å². The predicted molar refractivity (Wildman–Crippen MR) is 52.4 cm³/mol. The fourth-order valence-corrected chi connectivity index (χ4v) is 1.05. The normalized spacial score (nSPS) is 11.9. The molecule has 0 spiro atoms. The molecular weight excluding hydrogens is 221 g/mol. The summed E-state index contributed by atoms with van der Waals surface area (Å²) in [5.41, 5.74) is 0.593. The lowest BCUT2D eigenvalue weighted by molar-refractivity contribution is -0.154. The quantitative estimate of drug-likeness (QED) is 0.806. The van der Waals surface area contributed by atoms with E-state index >= 15 is 0 Å². The number of hydrogen-bond acceptors (Lipinski definition) is 3. The Bertz CT molecular complexity index is 364. The van der Waals surface area contributed by atoms with Gasteiger partial charge in [-0.1, -0.05) is 13.8 Å². The maximum atomic E-state index is 11.9. The minimum absolute atomic E-state index is 0.0338. The highest BCUT2D eigenvalue weighted by molar-refractivity contribution is 5.16. The second-order valence-electron chi connectivity index (χ2n) is 3.76. The number of aryl methyl sites for hydroxylation is 1. The maximum Gasteiger partial charge on any atom is 0.422 e. The summed E-state index contributed by atoms with van der Waals surface area (Å²) in [6.07, 6.45) is -4.35. The standard InChI is InChI=1S/C10H13F3N2O/c1-6(2)9-14-7(3)4-8(15-9)16-5-10(11,12)13/h4,6H,5H2,1-3H3. The molecule has 1 aromatic heterocycles. The SMILES string of the molecule is Cc1cc(OCC(F)(F)F)nc(C(C)C)n1. The summed E-state index contributed by atoms with van der Waals surface area (Å²) in [5.74, 6) is 0.499. The van der Waals surface area contributed by atoms with Crippen LogP contribution in [0.25, 0.3) is 0 Å². The third-order valence-corrected chi connectivity index (χ3v) is 1.75. The van der Waals surface area contributed by atoms with E-state index in [0.29, 0.717) is 11.5 Å². The number of alkyl halides is 3. The zero-order valence-electron chi connectivity index (χ0n) is 9.30. The number of nitrogens with zero attached hydrogens (tertiary/aromatic N) is 2. The van der Waals surface area contributed by atoms with Crippen LogP contribution in [0.4, 0.5) is 13.2 Å². The van der Waals surface area contributed by atoms with Gasteiger partial charge in [0, 0.05) is 17.7 Å². The Morgan fingerprint density at radius 2 is 1.94 bits per heavy atom. The van der Waals surface area contributed by atoms with Gasteiger partial charge >= 0.3 is 6.18 Å². The van der Waals surface area contributed by atoms with Crippen molar-refractivity contribution < 1.29 is 17.9 Å². The minimum atomic E-state index is -4.35. The van der Waals surface area contributed by atoms with Crippen molar-refractivity contribution in [2.75, 3.05) is 6.61 Å². The molecule has 0 saturated heterocycles. The van der Waals surface area contributed by atoms with E-state index in [1.165, 1.54) is 6.07 Å². The van der Waals surface area contributed by atoms with Crippen molar-refractivity contribution in [2.24, 2.45) is 0 Å². The van der Waals surface area contributed by atoms with Crippen molar-refractivity contribution in [3.63, 3.8) is 0 Å². The fourth-order valence-electron chi connectivity index (χ4n) is 1.05. The first-order valence-electron chi connectivity index (χ1n) is 4.83. The van der Waals surface area contributed by atoms with Gasteiger partial charge in [0.2, 0.25) is 5.88 Å². The molecule has 16 heavy (non-hydrogen) atoms. The van der Waals surface area contributed by atoms with Crippen LogP contribution >= 0.6 is 0 Å². The monoisotopic (exact) mass is 234 g/mol. The lowest BCUT2D eigenvalue weighted by atomic mass is 10.2. The smallest absolute Gasteiger partial charge is 0.422 e. The highest BCUT2D eigenvalue weighted by Crippen LogP contribution is 2.19. The van der Waals surface area contributed by atoms with Crippen LogP contribution in [0.1, 0.15) is 31.3 Å². The van der Waals surface area contributed by atoms with Gasteiger partial charge in [-0.25, -0.2) is 4.98 Å². The molecule has 1 rings (SSSR count). The summed E-state index contributed by atoms with van der Waals surface area (Å²) in [7, 11) is 0. The van der Waals surface area contributed by atoms with Crippen molar-refractivity contribution in [2.45, 2.75) is 32.9 Å². The number of ether oxygens (including phenoxy) is 1. The Morgan fingerprint density at radius 1 is 1.31 bits per heavy atom. The zero-order valence-corrected chi connectivity index (χ0v) is 9.30. The largest absolute Gasteiger partial charge is 0.468 e. The highest BCUT2D eigenvalue weighted by atomic mass is 19.4. The molecule has 90 valence electrons. The summed E-state index contributed by atoms with van der Waals surface area (Å²) in [5, 5.41) is 0. The lowest BCUT2D eigenvalue weighted by Crippen LogP contribution is -2.20. The van der Waals surface area contributed by atoms with Crippen LogP contribution in [-0.4, -0.2) is 22.8 Å². The molecule has 0 saturated carbocycles. The second-order valence-corrected chi connectivity index (χ2v) is 3.76. The Morgan fingerprint density at radius 3 is 2.44 bits per heavy atom. The van der Waals surface area contributed by atoms with E-state index < -0.39 is 12.8 Å². The summed E-state index contributed by atoms with van der Waals surface area (Å²) < 4.78 is 40.4. The van der Waals surface area contributed by atoms with Gasteiger partial charge in [-0.15, -0.1) is 0 Å². The summed E-state index contributed by atoms with van der Waals surface area (Å²) in [4.78, 5) is 8.01. The molecule has 0 aliphatic rings. The molecule has 0 fully saturated rings. The van der Waals surface area contributed by atoms with E-state index in [-0.39, 0.29) is 11.8 Å². The van der Waals surface area contributed by atoms with Crippen LogP contribution < -0.4 is 4.74 Å². The first-order valence-corrected chi connectivity index (χ1v) is 4.83. The highest BCUT2D eigenvalue weighted by Gasteiger charge is 2.28. The molecular formula is C10H13F3N2O. The van der Waals surface area contributed by atoms with E-state index in [9.17, 15) is 13.2 Å². The van der Waals surface area contributed by atoms with Crippen LogP contribution in [0.2, 0.25) is 0 Å². The third-order valence-electron chi connectivity index (χ3n) is 1.75. The van der Waals surface area contributed by atoms with Crippen LogP contribution in [0.5, 0.6) is 5.88 Å². The van der Waals surface area contributed by atoms with Gasteiger partial charge in [-0.05, 0) is 6.92 Å². The fraction of sp³-hybridized carbons (Fsp3) is 0.600. The zero-order chi connectivity index (χ0) is 12.3. The molecule has 0 N–H and O–H groups in total. The molecule has 0 bridgehead atoms. The van der Waals surface area contributed by atoms with Crippen LogP contribution in [-0.2, 0) is 0 Å². The van der Waals surface area contributed by atoms with Gasteiger partial charge in [0.25, 0.3) is 0 Å². The summed E-state index contributed by atoms with van der Waals surface area (Å²) in [6.45, 7) is 4.08. The second kappa shape index (κ2) is 4.67. The van der Waals surface area contributed by atoms with E-state index in [4.69, 9.17) is 0 Å². The van der Waals surface area contributed by atoms with Crippen molar-refractivity contribution in [1.82, 2.24) is 9.97 Å². The maximum absolute atomic E-state index is 11.9. The first-order chi connectivity index (χ1) is 7.28. The van der Waals surface area contributed by atoms with Crippen LogP contribution in [0.15, 0.2) is 6.07 Å². The van der Waals surface area contributed by atoms with Gasteiger partial charge in [0.1, 0.15) is 5.82 Å². The number of rotatable bonds is 3. The van der Waals surface area contributed by atoms with Crippen molar-refractivity contribution in [3.05, 3.63) is 17.6 Å². The Hall–Kier alpha value is -1.33. The minimum Gasteiger partial charge on any atom is -0.468 e. The average Bonchev–Trinajstić information content (AvgIpc) is 2.13. The van der Waals surface area contributed by atoms with E-state index in [0.717, 1.165) is 0 Å². The topological polar surface area (TPSA) is 35.0 Å². The first kappa shape index (κ1) is 12.7. The van der Waals surface area contributed by atoms with Crippen molar-refractivity contribution in [3.8, 4) is 5.88 Å². The number of halogens is 3. The summed E-state index contributed by atoms with van der Waals surface area (Å²) in [6, 6.07) is 1.39. The van der Waals surface area contributed by atoms with Crippen LogP contribution in [0, 0.1) is 6.92 Å². The van der Waals surface area contributed by atoms with Gasteiger partial charge in [-0.2, -0.15) is 18.2 Å². The Balaban J connectivity index is 2.81. The molecule has 0 atom stereocenters. The molecule has 0 aromatic carbocycles. The van der Waals surface area contributed by atoms with E-state index in [2.05, 4.69) is 14.7 Å². The lowest BCUT2D eigenvalue weighted by Gasteiger charge is -2.11. The van der Waals surface area contributed by atoms with Gasteiger partial charge in [-0.3, -0.25) is 0 Å². The number of aromatic nitrogens is 2. The van der Waals surface area contributed by atoms with Crippen LogP contribution in [0.3, 0.4) is 0 Å². The Kier molecular flexibility index (Phi) is 3.72. The van der Waals surface area contributed by atoms with Gasteiger partial charge < -0.3 is 4.74 Å². The molecule has 0 radical (unpaired) electrons. The molecule has 6 heteroatoms. The molecule has 3 nitrogen and oxygen atoms in total. The molecule has 0 amide bonds. The molecule has 1 aromatic rings. The van der Waals surface area contributed by atoms with Gasteiger partial charge in [0.05, 0.1) is 0 Å². The van der Waals surface area contributed by atoms with E-state index in [1.807, 2.05) is 13.8 Å². The van der Waals surface area contributed by atoms with E-state index in [1.54, 1.807) is 6.92 Å². The Labute approximate surface area is 91.7 Å². The molecule has 0 aliphatic heterocycles. The summed E-state index contributed by atoms with van der Waals surface area (Å²) >= 11 is 0. The predicted octanol–water partition coefficient (Wildman–Crippen LogP) is 2.85.